The molecule has 0 saturated carbocycles. The first-order valence-corrected chi connectivity index (χ1v) is 9.82. The molecule has 0 spiro atoms. The lowest BCUT2D eigenvalue weighted by atomic mass is 10.0. The Balaban J connectivity index is 2.23. The van der Waals surface area contributed by atoms with Crippen LogP contribution in [-0.4, -0.2) is 12.6 Å². The van der Waals surface area contributed by atoms with Gasteiger partial charge in [0, 0.05) is 10.5 Å². The van der Waals surface area contributed by atoms with Gasteiger partial charge in [0.15, 0.2) is 0 Å². The third-order valence-corrected chi connectivity index (χ3v) is 5.01. The molecule has 2 aromatic carbocycles. The fourth-order valence-corrected chi connectivity index (χ4v) is 3.90. The van der Waals surface area contributed by atoms with Crippen LogP contribution in [0.1, 0.15) is 43.0 Å². The molecule has 0 aliphatic carbocycles. The summed E-state index contributed by atoms with van der Waals surface area (Å²) in [6.45, 7) is 8.03. The average molecular weight is 463 g/mol. The summed E-state index contributed by atoms with van der Waals surface area (Å²) in [5, 5.41) is 3.72. The van der Waals surface area contributed by atoms with Gasteiger partial charge >= 0.3 is 5.97 Å². The molecule has 2 rings (SSSR count). The van der Waals surface area contributed by atoms with Gasteiger partial charge in [0.05, 0.1) is 11.7 Å². The van der Waals surface area contributed by atoms with E-state index in [1.165, 1.54) is 32.9 Å². The van der Waals surface area contributed by atoms with Crippen molar-refractivity contribution in [2.24, 2.45) is 0 Å². The summed E-state index contributed by atoms with van der Waals surface area (Å²) in [5.41, 5.74) is 5.98. The van der Waals surface area contributed by atoms with Gasteiger partial charge in [0.2, 0.25) is 0 Å². The Morgan fingerprint density at radius 2 is 1.88 bits per heavy atom. The van der Waals surface area contributed by atoms with Crippen LogP contribution in [0.25, 0.3) is 0 Å². The molecule has 0 saturated heterocycles. The predicted molar refractivity (Wildman–Crippen MR) is 116 cm³/mol. The van der Waals surface area contributed by atoms with Crippen molar-refractivity contribution < 1.29 is 9.53 Å². The Morgan fingerprint density at radius 1 is 1.19 bits per heavy atom. The third kappa shape index (κ3) is 6.16. The van der Waals surface area contributed by atoms with Crippen molar-refractivity contribution in [1.29, 1.82) is 0 Å². The minimum Gasteiger partial charge on any atom is -0.461 e. The number of anilines is 1. The highest BCUT2D eigenvalue weighted by atomic mass is 127. The molecule has 138 valence electrons. The van der Waals surface area contributed by atoms with Crippen molar-refractivity contribution in [3.63, 3.8) is 0 Å². The molecule has 26 heavy (non-hydrogen) atoms. The van der Waals surface area contributed by atoms with Crippen LogP contribution in [0.15, 0.2) is 54.1 Å². The van der Waals surface area contributed by atoms with E-state index < -0.39 is 0 Å². The summed E-state index contributed by atoms with van der Waals surface area (Å²) in [7, 11) is 0. The maximum Gasteiger partial charge on any atom is 0.302 e. The van der Waals surface area contributed by atoms with Gasteiger partial charge in [-0.1, -0.05) is 42.5 Å². The number of rotatable bonds is 7. The zero-order valence-electron chi connectivity index (χ0n) is 15.8. The summed E-state index contributed by atoms with van der Waals surface area (Å²) >= 11 is 2.39. The molecule has 1 atom stereocenters. The highest BCUT2D eigenvalue weighted by molar-refractivity contribution is 14.1. The molecule has 2 aromatic rings. The van der Waals surface area contributed by atoms with Gasteiger partial charge in [0.25, 0.3) is 0 Å². The number of halogens is 1. The second kappa shape index (κ2) is 9.76. The van der Waals surface area contributed by atoms with Gasteiger partial charge in [-0.2, -0.15) is 0 Å². The van der Waals surface area contributed by atoms with E-state index in [4.69, 9.17) is 4.74 Å². The summed E-state index contributed by atoms with van der Waals surface area (Å²) in [6, 6.07) is 15.0. The van der Waals surface area contributed by atoms with Crippen LogP contribution < -0.4 is 5.32 Å². The number of hydrogen-bond donors (Lipinski definition) is 1. The van der Waals surface area contributed by atoms with Crippen LogP contribution >= 0.6 is 22.6 Å². The third-order valence-electron chi connectivity index (χ3n) is 4.16. The maximum atomic E-state index is 11.0. The second-order valence-corrected chi connectivity index (χ2v) is 7.77. The first-order valence-electron chi connectivity index (χ1n) is 8.74. The van der Waals surface area contributed by atoms with E-state index in [0.29, 0.717) is 6.61 Å². The van der Waals surface area contributed by atoms with Crippen LogP contribution in [0.2, 0.25) is 0 Å². The van der Waals surface area contributed by atoms with Gasteiger partial charge in [0.1, 0.15) is 6.61 Å². The minimum atomic E-state index is -0.250. The summed E-state index contributed by atoms with van der Waals surface area (Å²) < 4.78 is 6.31. The Labute approximate surface area is 170 Å². The number of carbonyl (C=O) groups is 1. The van der Waals surface area contributed by atoms with Crippen LogP contribution in [0, 0.1) is 17.4 Å². The quantitative estimate of drug-likeness (QED) is 0.313. The van der Waals surface area contributed by atoms with Crippen LogP contribution in [0.4, 0.5) is 5.69 Å². The molecule has 4 heteroatoms. The Morgan fingerprint density at radius 3 is 2.50 bits per heavy atom. The van der Waals surface area contributed by atoms with Crippen molar-refractivity contribution in [2.75, 3.05) is 11.9 Å². The van der Waals surface area contributed by atoms with E-state index in [-0.39, 0.29) is 12.0 Å². The average Bonchev–Trinajstić information content (AvgIpc) is 2.59. The number of carbonyl (C=O) groups excluding carboxylic acids is 1. The molecule has 0 aliphatic rings. The van der Waals surface area contributed by atoms with E-state index in [2.05, 4.69) is 84.2 Å². The summed E-state index contributed by atoms with van der Waals surface area (Å²) in [4.78, 5) is 11.0. The van der Waals surface area contributed by atoms with Crippen molar-refractivity contribution >= 4 is 34.2 Å². The van der Waals surface area contributed by atoms with Crippen molar-refractivity contribution in [3.05, 3.63) is 74.4 Å². The lowest BCUT2D eigenvalue weighted by molar-refractivity contribution is -0.139. The molecule has 0 aliphatic heterocycles. The molecule has 0 amide bonds. The zero-order valence-corrected chi connectivity index (χ0v) is 18.0. The molecule has 0 heterocycles. The Hall–Kier alpha value is -1.82. The molecule has 3 nitrogen and oxygen atoms in total. The first kappa shape index (κ1) is 20.5. The molecule has 0 radical (unpaired) electrons. The Bertz CT molecular complexity index is 761. The van der Waals surface area contributed by atoms with Gasteiger partial charge in [-0.05, 0) is 78.1 Å². The van der Waals surface area contributed by atoms with E-state index in [1.807, 2.05) is 13.0 Å². The first-order chi connectivity index (χ1) is 12.4. The molecule has 0 aromatic heterocycles. The lowest BCUT2D eigenvalue weighted by Crippen LogP contribution is -2.12. The monoisotopic (exact) mass is 463 g/mol. The molecular weight excluding hydrogens is 437 g/mol. The standard InChI is InChI=1S/C22H26INO2/c1-15(14-26-18(4)25)10-11-21(19-8-6-5-7-9-19)24-22-17(3)12-16(2)13-20(22)23/h5-10,12-13,21,24H,11,14H2,1-4H3/b15-10+. The topological polar surface area (TPSA) is 38.3 Å². The molecular formula is C22H26INO2. The second-order valence-electron chi connectivity index (χ2n) is 6.61. The van der Waals surface area contributed by atoms with Gasteiger partial charge in [-0.25, -0.2) is 0 Å². The van der Waals surface area contributed by atoms with Gasteiger partial charge in [-0.3, -0.25) is 4.79 Å². The largest absolute Gasteiger partial charge is 0.461 e. The number of hydrogen-bond acceptors (Lipinski definition) is 3. The highest BCUT2D eigenvalue weighted by Crippen LogP contribution is 2.30. The molecule has 0 bridgehead atoms. The van der Waals surface area contributed by atoms with Crippen LogP contribution in [-0.2, 0) is 9.53 Å². The maximum absolute atomic E-state index is 11.0. The number of aryl methyl sites for hydroxylation is 2. The van der Waals surface area contributed by atoms with E-state index in [1.54, 1.807) is 0 Å². The van der Waals surface area contributed by atoms with Gasteiger partial charge < -0.3 is 10.1 Å². The smallest absolute Gasteiger partial charge is 0.302 e. The number of ether oxygens (including phenoxy) is 1. The summed E-state index contributed by atoms with van der Waals surface area (Å²) in [6.07, 6.45) is 2.96. The molecule has 0 fully saturated rings. The Kier molecular flexibility index (Phi) is 7.69. The number of esters is 1. The van der Waals surface area contributed by atoms with Gasteiger partial charge in [-0.15, -0.1) is 0 Å². The summed E-state index contributed by atoms with van der Waals surface area (Å²) in [5.74, 6) is -0.250. The highest BCUT2D eigenvalue weighted by Gasteiger charge is 2.14. The molecule has 1 N–H and O–H groups in total. The van der Waals surface area contributed by atoms with E-state index in [0.717, 1.165) is 12.0 Å². The normalized spacial score (nSPS) is 12.6. The molecule has 1 unspecified atom stereocenters. The SMILES string of the molecule is CC(=O)OC/C(C)=C/CC(Nc1c(C)cc(C)cc1I)c1ccccc1. The van der Waals surface area contributed by atoms with Crippen molar-refractivity contribution in [3.8, 4) is 0 Å². The fourth-order valence-electron chi connectivity index (χ4n) is 2.83. The zero-order chi connectivity index (χ0) is 19.1. The van der Waals surface area contributed by atoms with Crippen molar-refractivity contribution in [2.45, 2.75) is 40.2 Å². The predicted octanol–water partition coefficient (Wildman–Crippen LogP) is 5.96. The lowest BCUT2D eigenvalue weighted by Gasteiger charge is -2.22. The van der Waals surface area contributed by atoms with Crippen molar-refractivity contribution in [1.82, 2.24) is 0 Å². The number of benzene rings is 2. The van der Waals surface area contributed by atoms with Crippen LogP contribution in [0.3, 0.4) is 0 Å². The van der Waals surface area contributed by atoms with Crippen LogP contribution in [0.5, 0.6) is 0 Å². The number of nitrogens with one attached hydrogen (secondary N) is 1. The minimum absolute atomic E-state index is 0.151. The van der Waals surface area contributed by atoms with E-state index in [9.17, 15) is 4.79 Å². The fraction of sp³-hybridized carbons (Fsp3) is 0.318. The van der Waals surface area contributed by atoms with E-state index >= 15 is 0 Å².